The van der Waals surface area contributed by atoms with E-state index in [1.165, 1.54) is 7.11 Å². The first-order valence-electron chi connectivity index (χ1n) is 6.39. The van der Waals surface area contributed by atoms with Crippen LogP contribution in [0.15, 0.2) is 33.5 Å². The summed E-state index contributed by atoms with van der Waals surface area (Å²) in [6.07, 6.45) is 1.60. The van der Waals surface area contributed by atoms with E-state index in [2.05, 4.69) is 10.1 Å². The molecular weight excluding hydrogens is 359 g/mol. The van der Waals surface area contributed by atoms with Gasteiger partial charge in [0.2, 0.25) is 5.82 Å². The van der Waals surface area contributed by atoms with Gasteiger partial charge in [0.25, 0.3) is 5.89 Å². The van der Waals surface area contributed by atoms with Crippen LogP contribution in [-0.4, -0.2) is 22.4 Å². The van der Waals surface area contributed by atoms with Gasteiger partial charge in [-0.25, -0.2) is 0 Å². The minimum absolute atomic E-state index is 0.125. The van der Waals surface area contributed by atoms with Gasteiger partial charge in [-0.2, -0.15) is 16.3 Å². The van der Waals surface area contributed by atoms with Crippen molar-refractivity contribution in [2.24, 2.45) is 0 Å². The molecule has 3 rings (SSSR count). The van der Waals surface area contributed by atoms with Gasteiger partial charge in [-0.15, -0.1) is 0 Å². The second-order valence-electron chi connectivity index (χ2n) is 4.48. The van der Waals surface area contributed by atoms with Gasteiger partial charge >= 0.3 is 0 Å². The molecule has 0 fully saturated rings. The van der Waals surface area contributed by atoms with E-state index in [9.17, 15) is 5.11 Å². The number of nitrogens with zero attached hydrogens (tertiary/aromatic N) is 2. The second kappa shape index (κ2) is 6.62. The molecule has 3 aromatic rings. The van der Waals surface area contributed by atoms with Crippen molar-refractivity contribution in [1.29, 1.82) is 0 Å². The van der Waals surface area contributed by atoms with Crippen LogP contribution in [0.1, 0.15) is 11.5 Å². The number of aromatic hydroxyl groups is 1. The van der Waals surface area contributed by atoms with E-state index in [0.29, 0.717) is 11.4 Å². The maximum Gasteiger partial charge on any atom is 0.269 e. The molecule has 0 atom stereocenters. The highest BCUT2D eigenvalue weighted by molar-refractivity contribution is 7.08. The molecule has 0 radical (unpaired) electrons. The summed E-state index contributed by atoms with van der Waals surface area (Å²) in [5.41, 5.74) is 1.49. The maximum atomic E-state index is 9.73. The lowest BCUT2D eigenvalue weighted by atomic mass is 10.2. The van der Waals surface area contributed by atoms with Gasteiger partial charge in [0, 0.05) is 10.9 Å². The van der Waals surface area contributed by atoms with Crippen LogP contribution in [0.4, 0.5) is 0 Å². The molecule has 2 heterocycles. The first kappa shape index (κ1) is 15.9. The zero-order valence-corrected chi connectivity index (χ0v) is 14.1. The van der Waals surface area contributed by atoms with Crippen molar-refractivity contribution >= 4 is 45.6 Å². The van der Waals surface area contributed by atoms with E-state index in [1.54, 1.807) is 29.5 Å². The normalized spacial score (nSPS) is 11.7. The lowest BCUT2D eigenvalue weighted by molar-refractivity contribution is 0.373. The van der Waals surface area contributed by atoms with Gasteiger partial charge in [-0.3, -0.25) is 0 Å². The van der Waals surface area contributed by atoms with E-state index in [4.69, 9.17) is 32.5 Å². The smallest absolute Gasteiger partial charge is 0.269 e. The summed E-state index contributed by atoms with van der Waals surface area (Å²) in [5.74, 6) is 0.780. The molecular formula is C15H10Cl2N2O3S. The average molecular weight is 369 g/mol. The Hall–Kier alpha value is -2.02. The Labute approximate surface area is 145 Å². The van der Waals surface area contributed by atoms with Crippen molar-refractivity contribution in [3.05, 3.63) is 45.4 Å². The quantitative estimate of drug-likeness (QED) is 0.708. The number of thiophene rings is 1. The Morgan fingerprint density at radius 2 is 2.26 bits per heavy atom. The van der Waals surface area contributed by atoms with Crippen molar-refractivity contribution in [3.63, 3.8) is 0 Å². The summed E-state index contributed by atoms with van der Waals surface area (Å²) >= 11 is 13.7. The van der Waals surface area contributed by atoms with Crippen LogP contribution >= 0.6 is 34.5 Å². The molecule has 0 saturated carbocycles. The Balaban J connectivity index is 1.92. The molecule has 0 spiro atoms. The number of ether oxygens (including phenoxy) is 1. The molecule has 0 amide bonds. The molecule has 0 unspecified atom stereocenters. The highest BCUT2D eigenvalue weighted by Crippen LogP contribution is 2.36. The van der Waals surface area contributed by atoms with Crippen molar-refractivity contribution in [2.75, 3.05) is 7.11 Å². The average Bonchev–Trinajstić information content (AvgIpc) is 3.20. The highest BCUT2D eigenvalue weighted by Gasteiger charge is 2.13. The van der Waals surface area contributed by atoms with E-state index in [0.717, 1.165) is 5.56 Å². The molecule has 0 aliphatic rings. The number of hydrogen-bond acceptors (Lipinski definition) is 6. The third-order valence-corrected chi connectivity index (χ3v) is 4.22. The standard InChI is InChI=1S/C15H10Cl2N2O3S/c1-21-12-6-8(4-10(16)13(12)20)5-11(17)15-18-14(19-22-15)9-2-3-23-7-9/h2-7,20H,1H3/b11-5-. The van der Waals surface area contributed by atoms with Gasteiger partial charge in [-0.1, -0.05) is 28.4 Å². The van der Waals surface area contributed by atoms with Crippen LogP contribution in [0.25, 0.3) is 22.5 Å². The number of benzene rings is 1. The van der Waals surface area contributed by atoms with Crippen LogP contribution in [-0.2, 0) is 0 Å². The third-order valence-electron chi connectivity index (χ3n) is 2.97. The first-order chi connectivity index (χ1) is 11.1. The van der Waals surface area contributed by atoms with Gasteiger partial charge < -0.3 is 14.4 Å². The molecule has 118 valence electrons. The number of methoxy groups -OCH3 is 1. The molecule has 2 aromatic heterocycles. The molecule has 8 heteroatoms. The Morgan fingerprint density at radius 1 is 1.43 bits per heavy atom. The largest absolute Gasteiger partial charge is 0.503 e. The number of aromatic nitrogens is 2. The van der Waals surface area contributed by atoms with Crippen LogP contribution in [0.3, 0.4) is 0 Å². The summed E-state index contributed by atoms with van der Waals surface area (Å²) in [5, 5.41) is 17.9. The lowest BCUT2D eigenvalue weighted by Gasteiger charge is -2.06. The molecule has 0 aliphatic heterocycles. The minimum atomic E-state index is -0.125. The summed E-state index contributed by atoms with van der Waals surface area (Å²) in [4.78, 5) is 4.25. The summed E-state index contributed by atoms with van der Waals surface area (Å²) in [7, 11) is 1.44. The number of hydrogen-bond donors (Lipinski definition) is 1. The minimum Gasteiger partial charge on any atom is -0.503 e. The molecule has 1 aromatic carbocycles. The maximum absolute atomic E-state index is 9.73. The van der Waals surface area contributed by atoms with Crippen molar-refractivity contribution in [2.45, 2.75) is 0 Å². The number of rotatable bonds is 4. The first-order valence-corrected chi connectivity index (χ1v) is 8.08. The predicted octanol–water partition coefficient (Wildman–Crippen LogP) is 4.90. The monoisotopic (exact) mass is 368 g/mol. The van der Waals surface area contributed by atoms with Gasteiger partial charge in [0.15, 0.2) is 11.5 Å². The molecule has 23 heavy (non-hydrogen) atoms. The lowest BCUT2D eigenvalue weighted by Crippen LogP contribution is -1.86. The topological polar surface area (TPSA) is 68.4 Å². The summed E-state index contributed by atoms with van der Waals surface area (Å²) < 4.78 is 10.2. The fourth-order valence-corrected chi connectivity index (χ4v) is 2.93. The molecule has 5 nitrogen and oxygen atoms in total. The number of phenols is 1. The van der Waals surface area contributed by atoms with E-state index in [1.807, 2.05) is 16.8 Å². The SMILES string of the molecule is COc1cc(/C=C(\Cl)c2nc(-c3ccsc3)no2)cc(Cl)c1O. The van der Waals surface area contributed by atoms with Crippen LogP contribution in [0.5, 0.6) is 11.5 Å². The summed E-state index contributed by atoms with van der Waals surface area (Å²) in [6, 6.07) is 5.04. The zero-order valence-electron chi connectivity index (χ0n) is 11.8. The summed E-state index contributed by atoms with van der Waals surface area (Å²) in [6.45, 7) is 0. The second-order valence-corrected chi connectivity index (χ2v) is 6.08. The van der Waals surface area contributed by atoms with E-state index < -0.39 is 0 Å². The van der Waals surface area contributed by atoms with Crippen molar-refractivity contribution in [1.82, 2.24) is 10.1 Å². The van der Waals surface area contributed by atoms with Gasteiger partial charge in [0.1, 0.15) is 5.03 Å². The number of halogens is 2. The molecule has 1 N–H and O–H groups in total. The fraction of sp³-hybridized carbons (Fsp3) is 0.0667. The fourth-order valence-electron chi connectivity index (χ4n) is 1.87. The Kier molecular flexibility index (Phi) is 4.56. The van der Waals surface area contributed by atoms with Crippen LogP contribution in [0, 0.1) is 0 Å². The third kappa shape index (κ3) is 3.34. The van der Waals surface area contributed by atoms with Gasteiger partial charge in [-0.05, 0) is 35.2 Å². The molecule has 0 saturated heterocycles. The van der Waals surface area contributed by atoms with E-state index in [-0.39, 0.29) is 27.4 Å². The highest BCUT2D eigenvalue weighted by atomic mass is 35.5. The van der Waals surface area contributed by atoms with Gasteiger partial charge in [0.05, 0.1) is 12.1 Å². The molecule has 0 aliphatic carbocycles. The van der Waals surface area contributed by atoms with E-state index >= 15 is 0 Å². The number of phenolic OH excluding ortho intramolecular Hbond substituents is 1. The van der Waals surface area contributed by atoms with Crippen LogP contribution < -0.4 is 4.74 Å². The predicted molar refractivity (Wildman–Crippen MR) is 91.0 cm³/mol. The Morgan fingerprint density at radius 3 is 2.96 bits per heavy atom. The van der Waals surface area contributed by atoms with Crippen molar-refractivity contribution in [3.8, 4) is 22.9 Å². The Bertz CT molecular complexity index is 860. The zero-order chi connectivity index (χ0) is 16.4. The van der Waals surface area contributed by atoms with Crippen LogP contribution in [0.2, 0.25) is 5.02 Å². The van der Waals surface area contributed by atoms with Crippen molar-refractivity contribution < 1.29 is 14.4 Å². The molecule has 0 bridgehead atoms.